The second-order valence-corrected chi connectivity index (χ2v) is 2.47. The third kappa shape index (κ3) is 5.99. The molecule has 0 rings (SSSR count). The first kappa shape index (κ1) is 7.99. The van der Waals surface area contributed by atoms with E-state index in [-0.39, 0.29) is 5.38 Å². The molecule has 0 aromatic carbocycles. The van der Waals surface area contributed by atoms with E-state index in [9.17, 15) is 0 Å². The Balaban J connectivity index is 3.03. The second-order valence-electron chi connectivity index (χ2n) is 1.72. The first-order valence-electron chi connectivity index (χ1n) is 2.76. The van der Waals surface area contributed by atoms with Crippen LogP contribution in [0.15, 0.2) is 12.2 Å². The summed E-state index contributed by atoms with van der Waals surface area (Å²) in [7, 11) is 0. The quantitative estimate of drug-likeness (QED) is 0.459. The molecule has 0 aromatic heterocycles. The molecule has 48 valence electrons. The molecule has 2 heteroatoms. The van der Waals surface area contributed by atoms with E-state index in [2.05, 4.69) is 0 Å². The van der Waals surface area contributed by atoms with Gasteiger partial charge in [0.2, 0.25) is 0 Å². The Labute approximate surface area is 55.5 Å². The molecule has 0 aromatic rings. The predicted octanol–water partition coefficient (Wildman–Crippen LogP) is 1.52. The molecular formula is C6H12ClN. The fourth-order valence-corrected chi connectivity index (χ4v) is 0.483. The van der Waals surface area contributed by atoms with Gasteiger partial charge in [-0.3, -0.25) is 0 Å². The van der Waals surface area contributed by atoms with Crippen molar-refractivity contribution in [2.75, 3.05) is 6.54 Å². The number of hydrogen-bond acceptors (Lipinski definition) is 1. The van der Waals surface area contributed by atoms with Gasteiger partial charge in [-0.15, -0.1) is 11.6 Å². The van der Waals surface area contributed by atoms with Gasteiger partial charge in [-0.25, -0.2) is 0 Å². The van der Waals surface area contributed by atoms with Gasteiger partial charge >= 0.3 is 0 Å². The van der Waals surface area contributed by atoms with Crippen LogP contribution in [-0.4, -0.2) is 11.9 Å². The van der Waals surface area contributed by atoms with Gasteiger partial charge in [0.1, 0.15) is 0 Å². The summed E-state index contributed by atoms with van der Waals surface area (Å²) in [4.78, 5) is 0. The lowest BCUT2D eigenvalue weighted by molar-refractivity contribution is 0.963. The highest BCUT2D eigenvalue weighted by atomic mass is 35.5. The van der Waals surface area contributed by atoms with Crippen LogP contribution in [0.5, 0.6) is 0 Å². The zero-order valence-corrected chi connectivity index (χ0v) is 5.86. The highest BCUT2D eigenvalue weighted by molar-refractivity contribution is 6.20. The fourth-order valence-electron chi connectivity index (χ4n) is 0.380. The SMILES string of the molecule is CC(Cl)CC=CCN. The number of halogens is 1. The zero-order chi connectivity index (χ0) is 6.41. The Morgan fingerprint density at radius 1 is 1.62 bits per heavy atom. The summed E-state index contributed by atoms with van der Waals surface area (Å²) in [5.41, 5.74) is 5.18. The lowest BCUT2D eigenvalue weighted by Gasteiger charge is -1.92. The number of allylic oxidation sites excluding steroid dienone is 1. The lowest BCUT2D eigenvalue weighted by atomic mass is 10.3. The Morgan fingerprint density at radius 3 is 2.62 bits per heavy atom. The minimum atomic E-state index is 0.234. The minimum absolute atomic E-state index is 0.234. The highest BCUT2D eigenvalue weighted by Crippen LogP contribution is 1.99. The Kier molecular flexibility index (Phi) is 5.13. The highest BCUT2D eigenvalue weighted by Gasteiger charge is 1.87. The predicted molar refractivity (Wildman–Crippen MR) is 38.1 cm³/mol. The van der Waals surface area contributed by atoms with Crippen molar-refractivity contribution in [3.8, 4) is 0 Å². The smallest absolute Gasteiger partial charge is 0.0342 e. The summed E-state index contributed by atoms with van der Waals surface area (Å²) in [5, 5.41) is 0.234. The van der Waals surface area contributed by atoms with Gasteiger partial charge in [0.25, 0.3) is 0 Å². The summed E-state index contributed by atoms with van der Waals surface area (Å²) in [5.74, 6) is 0. The van der Waals surface area contributed by atoms with E-state index in [0.29, 0.717) is 6.54 Å². The third-order valence-corrected chi connectivity index (χ3v) is 0.942. The van der Waals surface area contributed by atoms with Gasteiger partial charge in [-0.1, -0.05) is 12.2 Å². The molecule has 0 aliphatic heterocycles. The van der Waals surface area contributed by atoms with Gasteiger partial charge in [0, 0.05) is 11.9 Å². The average molecular weight is 134 g/mol. The summed E-state index contributed by atoms with van der Waals surface area (Å²) >= 11 is 5.62. The Hall–Kier alpha value is -0.0100. The molecule has 0 radical (unpaired) electrons. The van der Waals surface area contributed by atoms with E-state index in [1.54, 1.807) is 0 Å². The van der Waals surface area contributed by atoms with Crippen molar-refractivity contribution in [3.63, 3.8) is 0 Å². The van der Waals surface area contributed by atoms with Crippen LogP contribution in [0.25, 0.3) is 0 Å². The van der Waals surface area contributed by atoms with Crippen molar-refractivity contribution < 1.29 is 0 Å². The molecule has 0 spiro atoms. The van der Waals surface area contributed by atoms with E-state index >= 15 is 0 Å². The second kappa shape index (κ2) is 5.13. The van der Waals surface area contributed by atoms with E-state index in [0.717, 1.165) is 6.42 Å². The molecule has 0 bridgehead atoms. The van der Waals surface area contributed by atoms with Crippen molar-refractivity contribution in [1.29, 1.82) is 0 Å². The molecule has 1 atom stereocenters. The number of alkyl halides is 1. The minimum Gasteiger partial charge on any atom is -0.327 e. The molecule has 0 fully saturated rings. The van der Waals surface area contributed by atoms with Crippen molar-refractivity contribution in [2.45, 2.75) is 18.7 Å². The van der Waals surface area contributed by atoms with Gasteiger partial charge in [0.05, 0.1) is 0 Å². The summed E-state index contributed by atoms with van der Waals surface area (Å²) in [6, 6.07) is 0. The Morgan fingerprint density at radius 2 is 2.25 bits per heavy atom. The maximum Gasteiger partial charge on any atom is 0.0342 e. The van der Waals surface area contributed by atoms with Gasteiger partial charge in [-0.05, 0) is 13.3 Å². The largest absolute Gasteiger partial charge is 0.327 e. The molecule has 0 aliphatic rings. The summed E-state index contributed by atoms with van der Waals surface area (Å²) in [6.07, 6.45) is 4.83. The van der Waals surface area contributed by atoms with E-state index in [1.165, 1.54) is 0 Å². The number of hydrogen-bond donors (Lipinski definition) is 1. The molecule has 0 amide bonds. The summed E-state index contributed by atoms with van der Waals surface area (Å²) < 4.78 is 0. The maximum absolute atomic E-state index is 5.62. The third-order valence-electron chi connectivity index (χ3n) is 0.764. The van der Waals surface area contributed by atoms with Crippen LogP contribution in [0.1, 0.15) is 13.3 Å². The van der Waals surface area contributed by atoms with Crippen molar-refractivity contribution in [1.82, 2.24) is 0 Å². The van der Waals surface area contributed by atoms with E-state index in [4.69, 9.17) is 17.3 Å². The molecule has 1 unspecified atom stereocenters. The van der Waals surface area contributed by atoms with Crippen LogP contribution in [0.2, 0.25) is 0 Å². The average Bonchev–Trinajstić information content (AvgIpc) is 1.66. The molecule has 0 heterocycles. The molecule has 0 saturated carbocycles. The number of nitrogens with two attached hydrogens (primary N) is 1. The van der Waals surface area contributed by atoms with Crippen LogP contribution in [0.4, 0.5) is 0 Å². The first-order chi connectivity index (χ1) is 3.77. The van der Waals surface area contributed by atoms with Crippen LogP contribution in [0.3, 0.4) is 0 Å². The van der Waals surface area contributed by atoms with Crippen molar-refractivity contribution in [2.24, 2.45) is 5.73 Å². The zero-order valence-electron chi connectivity index (χ0n) is 5.10. The number of rotatable bonds is 3. The van der Waals surface area contributed by atoms with Crippen molar-refractivity contribution in [3.05, 3.63) is 12.2 Å². The molecular weight excluding hydrogens is 122 g/mol. The fraction of sp³-hybridized carbons (Fsp3) is 0.667. The normalized spacial score (nSPS) is 14.9. The summed E-state index contributed by atoms with van der Waals surface area (Å²) in [6.45, 7) is 2.58. The van der Waals surface area contributed by atoms with Crippen LogP contribution in [-0.2, 0) is 0 Å². The van der Waals surface area contributed by atoms with E-state index in [1.807, 2.05) is 19.1 Å². The van der Waals surface area contributed by atoms with Crippen LogP contribution >= 0.6 is 11.6 Å². The monoisotopic (exact) mass is 133 g/mol. The standard InChI is InChI=1S/C6H12ClN/c1-6(7)4-2-3-5-8/h2-3,6H,4-5,8H2,1H3. The molecule has 8 heavy (non-hydrogen) atoms. The van der Waals surface area contributed by atoms with Crippen LogP contribution < -0.4 is 5.73 Å². The van der Waals surface area contributed by atoms with Gasteiger partial charge < -0.3 is 5.73 Å². The molecule has 0 aliphatic carbocycles. The molecule has 1 nitrogen and oxygen atoms in total. The topological polar surface area (TPSA) is 26.0 Å². The molecule has 2 N–H and O–H groups in total. The molecule has 0 saturated heterocycles. The van der Waals surface area contributed by atoms with E-state index < -0.39 is 0 Å². The van der Waals surface area contributed by atoms with Gasteiger partial charge in [-0.2, -0.15) is 0 Å². The van der Waals surface area contributed by atoms with Crippen LogP contribution in [0, 0.1) is 0 Å². The first-order valence-corrected chi connectivity index (χ1v) is 3.20. The maximum atomic E-state index is 5.62. The Bertz CT molecular complexity index is 68.9. The van der Waals surface area contributed by atoms with Crippen molar-refractivity contribution >= 4 is 11.6 Å². The van der Waals surface area contributed by atoms with Gasteiger partial charge in [0.15, 0.2) is 0 Å². The lowest BCUT2D eigenvalue weighted by Crippen LogP contribution is -1.93.